The highest BCUT2D eigenvalue weighted by Gasteiger charge is 2.13. The molecule has 0 unspecified atom stereocenters. The Morgan fingerprint density at radius 2 is 1.67 bits per heavy atom. The lowest BCUT2D eigenvalue weighted by atomic mass is 10.2. The molecule has 0 radical (unpaired) electrons. The van der Waals surface area contributed by atoms with Crippen molar-refractivity contribution in [2.45, 2.75) is 6.92 Å². The molecule has 0 atom stereocenters. The van der Waals surface area contributed by atoms with Gasteiger partial charge in [-0.05, 0) is 31.2 Å². The Morgan fingerprint density at radius 3 is 2.07 bits per heavy atom. The first kappa shape index (κ1) is 9.45. The molecular formula is C11H10N2O2. The molecule has 2 heterocycles. The third-order valence-electron chi connectivity index (χ3n) is 2.27. The molecule has 2 bridgehead atoms. The molecule has 0 aliphatic rings. The maximum atomic E-state index is 11.9. The number of hydrogen-bond donors (Lipinski definition) is 1. The summed E-state index contributed by atoms with van der Waals surface area (Å²) in [5.74, 6) is -0.822. The van der Waals surface area contributed by atoms with Gasteiger partial charge in [-0.25, -0.2) is 0 Å². The van der Waals surface area contributed by atoms with Gasteiger partial charge in [-0.3, -0.25) is 14.2 Å². The number of nitrogens with zero attached hydrogens (tertiary/aromatic N) is 1. The van der Waals surface area contributed by atoms with E-state index in [1.54, 1.807) is 11.5 Å². The molecule has 76 valence electrons. The Bertz CT molecular complexity index is 503. The average Bonchev–Trinajstić information content (AvgIpc) is 2.74. The van der Waals surface area contributed by atoms with Crippen molar-refractivity contribution in [2.24, 2.45) is 5.73 Å². The van der Waals surface area contributed by atoms with Crippen LogP contribution < -0.4 is 5.73 Å². The molecule has 15 heavy (non-hydrogen) atoms. The minimum atomic E-state index is -0.608. The van der Waals surface area contributed by atoms with Crippen molar-refractivity contribution in [3.8, 4) is 0 Å². The van der Waals surface area contributed by atoms with Gasteiger partial charge in [-0.1, -0.05) is 0 Å². The fourth-order valence-corrected chi connectivity index (χ4v) is 1.59. The van der Waals surface area contributed by atoms with Crippen LogP contribution in [0.25, 0.3) is 11.0 Å². The largest absolute Gasteiger partial charge is 0.366 e. The molecule has 0 fully saturated rings. The lowest BCUT2D eigenvalue weighted by molar-refractivity contribution is -0.113. The summed E-state index contributed by atoms with van der Waals surface area (Å²) in [4.78, 5) is 22.5. The van der Waals surface area contributed by atoms with Crippen LogP contribution in [-0.2, 0) is 4.79 Å². The van der Waals surface area contributed by atoms with Gasteiger partial charge < -0.3 is 5.73 Å². The van der Waals surface area contributed by atoms with Gasteiger partial charge in [0.2, 0.25) is 5.91 Å². The van der Waals surface area contributed by atoms with Crippen LogP contribution in [0.1, 0.15) is 11.7 Å². The second-order valence-corrected chi connectivity index (χ2v) is 3.39. The Labute approximate surface area is 86.3 Å². The van der Waals surface area contributed by atoms with E-state index in [1.807, 2.05) is 24.3 Å². The van der Waals surface area contributed by atoms with E-state index in [2.05, 4.69) is 0 Å². The molecular weight excluding hydrogens is 192 g/mol. The highest BCUT2D eigenvalue weighted by molar-refractivity contribution is 6.05. The van der Waals surface area contributed by atoms with Crippen LogP contribution >= 0.6 is 0 Å². The lowest BCUT2D eigenvalue weighted by Gasteiger charge is -2.01. The summed E-state index contributed by atoms with van der Waals surface area (Å²) in [5.41, 5.74) is 6.97. The van der Waals surface area contributed by atoms with Crippen molar-refractivity contribution in [3.63, 3.8) is 0 Å². The van der Waals surface area contributed by atoms with Crippen LogP contribution in [0.15, 0.2) is 35.9 Å². The molecule has 2 aromatic heterocycles. The summed E-state index contributed by atoms with van der Waals surface area (Å²) in [5, 5.41) is 0. The Kier molecular flexibility index (Phi) is 2.04. The molecule has 0 saturated carbocycles. The fourth-order valence-electron chi connectivity index (χ4n) is 1.59. The monoisotopic (exact) mass is 202 g/mol. The highest BCUT2D eigenvalue weighted by Crippen LogP contribution is 2.18. The first-order valence-corrected chi connectivity index (χ1v) is 4.52. The summed E-state index contributed by atoms with van der Waals surface area (Å²) < 4.78 is 1.55. The van der Waals surface area contributed by atoms with Crippen molar-refractivity contribution < 1.29 is 9.59 Å². The third kappa shape index (κ3) is 1.50. The number of benzene rings is 1. The van der Waals surface area contributed by atoms with E-state index in [4.69, 9.17) is 5.73 Å². The van der Waals surface area contributed by atoms with Crippen LogP contribution in [0, 0.1) is 0 Å². The van der Waals surface area contributed by atoms with Crippen molar-refractivity contribution in [1.82, 2.24) is 4.57 Å². The fraction of sp³-hybridized carbons (Fsp3) is 0.0909. The summed E-state index contributed by atoms with van der Waals surface area (Å²) in [7, 11) is 0. The van der Waals surface area contributed by atoms with Gasteiger partial charge in [0.25, 0.3) is 5.91 Å². The summed E-state index contributed by atoms with van der Waals surface area (Å²) in [6.07, 6.45) is 1.14. The molecule has 0 aromatic carbocycles. The zero-order chi connectivity index (χ0) is 11.0. The number of hydrogen-bond acceptors (Lipinski definition) is 2. The summed E-state index contributed by atoms with van der Waals surface area (Å²) in [6.45, 7) is 1.58. The molecule has 2 rings (SSSR count). The summed E-state index contributed by atoms with van der Waals surface area (Å²) in [6, 6.07) is 7.41. The topological polar surface area (TPSA) is 65.1 Å². The van der Waals surface area contributed by atoms with Crippen molar-refractivity contribution in [2.75, 3.05) is 0 Å². The van der Waals surface area contributed by atoms with E-state index in [9.17, 15) is 9.59 Å². The number of rotatable bonds is 2. The van der Waals surface area contributed by atoms with Gasteiger partial charge in [-0.2, -0.15) is 0 Å². The maximum absolute atomic E-state index is 11.9. The van der Waals surface area contributed by atoms with Crippen LogP contribution in [-0.4, -0.2) is 16.4 Å². The van der Waals surface area contributed by atoms with Crippen LogP contribution in [0.3, 0.4) is 0 Å². The number of allylic oxidation sites excluding steroid dienone is 1. The van der Waals surface area contributed by atoms with E-state index in [0.29, 0.717) is 5.57 Å². The van der Waals surface area contributed by atoms with Gasteiger partial charge >= 0.3 is 0 Å². The smallest absolute Gasteiger partial charge is 0.258 e. The molecule has 2 aromatic rings. The minimum Gasteiger partial charge on any atom is -0.366 e. The van der Waals surface area contributed by atoms with Gasteiger partial charge in [0.05, 0.1) is 0 Å². The number of carbonyl (C=O) groups excluding carboxylic acids is 2. The zero-order valence-corrected chi connectivity index (χ0v) is 8.23. The predicted octanol–water partition coefficient (Wildman–Crippen LogP) is 1.15. The van der Waals surface area contributed by atoms with Crippen molar-refractivity contribution in [1.29, 1.82) is 0 Å². The zero-order valence-electron chi connectivity index (χ0n) is 8.23. The van der Waals surface area contributed by atoms with Crippen molar-refractivity contribution in [3.05, 3.63) is 35.9 Å². The second kappa shape index (κ2) is 3.24. The second-order valence-electron chi connectivity index (χ2n) is 3.39. The predicted molar refractivity (Wildman–Crippen MR) is 56.7 cm³/mol. The highest BCUT2D eigenvalue weighted by atomic mass is 16.2. The average molecular weight is 202 g/mol. The van der Waals surface area contributed by atoms with Gasteiger partial charge in [-0.15, -0.1) is 0 Å². The minimum absolute atomic E-state index is 0.214. The maximum Gasteiger partial charge on any atom is 0.258 e. The standard InChI is InChI=1S/C11H10N2O2/c1-7(6-10(12)14)11(15)13-8-2-3-9(13)5-4-8/h2-6H,1H3,(H2,12,14). The third-order valence-corrected chi connectivity index (χ3v) is 2.27. The van der Waals surface area contributed by atoms with Gasteiger partial charge in [0.15, 0.2) is 0 Å². The Balaban J connectivity index is 2.41. The van der Waals surface area contributed by atoms with E-state index < -0.39 is 5.91 Å². The van der Waals surface area contributed by atoms with Gasteiger partial charge in [0.1, 0.15) is 0 Å². The lowest BCUT2D eigenvalue weighted by Crippen LogP contribution is -2.14. The van der Waals surface area contributed by atoms with Crippen LogP contribution in [0.5, 0.6) is 0 Å². The molecule has 0 spiro atoms. The van der Waals surface area contributed by atoms with Crippen LogP contribution in [0.4, 0.5) is 0 Å². The first-order chi connectivity index (χ1) is 7.09. The number of carbonyl (C=O) groups is 2. The number of amides is 1. The van der Waals surface area contributed by atoms with Crippen molar-refractivity contribution >= 4 is 22.8 Å². The quantitative estimate of drug-likeness (QED) is 0.742. The molecule has 0 aliphatic carbocycles. The van der Waals surface area contributed by atoms with E-state index >= 15 is 0 Å². The molecule has 0 saturated heterocycles. The summed E-state index contributed by atoms with van der Waals surface area (Å²) >= 11 is 0. The molecule has 4 heteroatoms. The molecule has 4 nitrogen and oxygen atoms in total. The Hall–Kier alpha value is -2.10. The van der Waals surface area contributed by atoms with E-state index in [-0.39, 0.29) is 5.91 Å². The van der Waals surface area contributed by atoms with Gasteiger partial charge in [0, 0.05) is 22.7 Å². The van der Waals surface area contributed by atoms with E-state index in [1.165, 1.54) is 0 Å². The number of primary amides is 1. The number of aromatic nitrogens is 1. The SMILES string of the molecule is CC(=CC(N)=O)C(=O)n1c2ccc1cc2. The number of nitrogens with two attached hydrogens (primary N) is 1. The first-order valence-electron chi connectivity index (χ1n) is 4.52. The van der Waals surface area contributed by atoms with Crippen LogP contribution in [0.2, 0.25) is 0 Å². The Morgan fingerprint density at radius 1 is 1.20 bits per heavy atom. The molecule has 0 aliphatic heterocycles. The molecule has 2 N–H and O–H groups in total. The molecule has 1 amide bonds. The normalized spacial score (nSPS) is 12.2. The number of fused-ring (bicyclic) bond motifs is 2. The van der Waals surface area contributed by atoms with E-state index in [0.717, 1.165) is 17.1 Å².